The van der Waals surface area contributed by atoms with E-state index in [1.807, 2.05) is 0 Å². The summed E-state index contributed by atoms with van der Waals surface area (Å²) in [6, 6.07) is 6.12. The largest absolute Gasteiger partial charge is 0.474 e. The fourth-order valence-corrected chi connectivity index (χ4v) is 4.93. The number of esters is 1. The van der Waals surface area contributed by atoms with Gasteiger partial charge in [0.1, 0.15) is 23.4 Å². The van der Waals surface area contributed by atoms with E-state index >= 15 is 0 Å². The number of pyridine rings is 2. The van der Waals surface area contributed by atoms with Crippen LogP contribution in [0.15, 0.2) is 60.0 Å². The van der Waals surface area contributed by atoms with E-state index in [9.17, 15) is 14.0 Å². The second kappa shape index (κ2) is 10.9. The quantitative estimate of drug-likeness (QED) is 0.302. The number of rotatable bonds is 7. The molecular formula is C26H22Cl2FN5O4. The topological polar surface area (TPSA) is 99.4 Å². The van der Waals surface area contributed by atoms with E-state index in [0.717, 1.165) is 0 Å². The van der Waals surface area contributed by atoms with Crippen molar-refractivity contribution in [1.82, 2.24) is 19.5 Å². The van der Waals surface area contributed by atoms with Crippen LogP contribution in [0.5, 0.6) is 5.88 Å². The molecule has 5 rings (SSSR count). The molecule has 38 heavy (non-hydrogen) atoms. The Morgan fingerprint density at radius 2 is 2.03 bits per heavy atom. The Balaban J connectivity index is 1.60. The minimum absolute atomic E-state index is 0.0749. The fourth-order valence-electron chi connectivity index (χ4n) is 4.48. The minimum atomic E-state index is -1.12. The van der Waals surface area contributed by atoms with Crippen LogP contribution in [0.25, 0.3) is 16.7 Å². The summed E-state index contributed by atoms with van der Waals surface area (Å²) < 4.78 is 27.1. The van der Waals surface area contributed by atoms with Gasteiger partial charge in [-0.1, -0.05) is 23.2 Å². The molecule has 0 amide bonds. The maximum absolute atomic E-state index is 14.7. The van der Waals surface area contributed by atoms with Gasteiger partial charge in [-0.3, -0.25) is 14.3 Å². The van der Waals surface area contributed by atoms with Crippen LogP contribution in [0.2, 0.25) is 10.0 Å². The van der Waals surface area contributed by atoms with E-state index in [0.29, 0.717) is 22.0 Å². The third-order valence-corrected chi connectivity index (χ3v) is 6.76. The first kappa shape index (κ1) is 25.9. The predicted molar refractivity (Wildman–Crippen MR) is 141 cm³/mol. The van der Waals surface area contributed by atoms with Crippen molar-refractivity contribution in [2.24, 2.45) is 0 Å². The molecule has 0 unspecified atom stereocenters. The van der Waals surface area contributed by atoms with Gasteiger partial charge in [0.15, 0.2) is 5.82 Å². The van der Waals surface area contributed by atoms with Gasteiger partial charge in [0, 0.05) is 43.1 Å². The molecule has 4 heterocycles. The predicted octanol–water partition coefficient (Wildman–Crippen LogP) is 4.66. The third-order valence-electron chi connectivity index (χ3n) is 6.17. The molecule has 0 N–H and O–H groups in total. The summed E-state index contributed by atoms with van der Waals surface area (Å²) in [7, 11) is 0. The molecule has 0 aliphatic carbocycles. The second-order valence-corrected chi connectivity index (χ2v) is 9.40. The van der Waals surface area contributed by atoms with Crippen molar-refractivity contribution >= 4 is 45.8 Å². The molecule has 1 aliphatic heterocycles. The van der Waals surface area contributed by atoms with Crippen molar-refractivity contribution in [3.8, 4) is 11.7 Å². The lowest BCUT2D eigenvalue weighted by molar-refractivity contribution is 0.0524. The van der Waals surface area contributed by atoms with E-state index < -0.39 is 17.6 Å². The molecule has 1 saturated heterocycles. The highest BCUT2D eigenvalue weighted by molar-refractivity contribution is 6.34. The maximum atomic E-state index is 14.7. The number of nitrogens with zero attached hydrogens (tertiary/aromatic N) is 5. The number of hydrogen-bond acceptors (Lipinski definition) is 8. The standard InChI is InChI=1S/C26H22Cl2FN5O4/c1-2-37-26(36)18-13-34(23-11-30-6-7-31-23)21-10-22(20(28)9-17(21)24(18)35)33-12-15(29)8-16(33)14-38-25-19(27)4-3-5-32-25/h3-7,9-11,13,15-16H,2,8,12,14H2,1H3/t15-,16-/m0/s1. The van der Waals surface area contributed by atoms with Crippen molar-refractivity contribution in [3.63, 3.8) is 0 Å². The summed E-state index contributed by atoms with van der Waals surface area (Å²) in [6.45, 7) is 1.95. The number of benzene rings is 1. The Kier molecular flexibility index (Phi) is 7.44. The number of hydrogen-bond donors (Lipinski definition) is 0. The normalized spacial score (nSPS) is 17.1. The fraction of sp³-hybridized carbons (Fsp3) is 0.269. The van der Waals surface area contributed by atoms with Gasteiger partial charge in [0.05, 0.1) is 35.1 Å². The Bertz CT molecular complexity index is 1550. The SMILES string of the molecule is CCOC(=O)c1cn(-c2cnccn2)c2cc(N3C[C@@H](F)C[C@H]3COc3ncccc3Cl)c(Cl)cc2c1=O. The molecule has 3 aromatic heterocycles. The summed E-state index contributed by atoms with van der Waals surface area (Å²) in [5.74, 6) is -0.141. The van der Waals surface area contributed by atoms with E-state index in [1.54, 1.807) is 40.8 Å². The highest BCUT2D eigenvalue weighted by atomic mass is 35.5. The molecule has 1 aromatic carbocycles. The van der Waals surface area contributed by atoms with Crippen LogP contribution in [-0.2, 0) is 4.74 Å². The molecule has 0 radical (unpaired) electrons. The first-order valence-electron chi connectivity index (χ1n) is 11.8. The summed E-state index contributed by atoms with van der Waals surface area (Å²) in [4.78, 5) is 40.2. The summed E-state index contributed by atoms with van der Waals surface area (Å²) >= 11 is 12.8. The molecule has 1 fully saturated rings. The van der Waals surface area contributed by atoms with Gasteiger partial charge < -0.3 is 14.4 Å². The zero-order chi connectivity index (χ0) is 26.8. The van der Waals surface area contributed by atoms with Gasteiger partial charge >= 0.3 is 5.97 Å². The van der Waals surface area contributed by atoms with Gasteiger partial charge in [-0.15, -0.1) is 0 Å². The number of alkyl halides is 1. The van der Waals surface area contributed by atoms with Crippen LogP contribution in [0.1, 0.15) is 23.7 Å². The van der Waals surface area contributed by atoms with Gasteiger partial charge in [-0.05, 0) is 31.2 Å². The highest BCUT2D eigenvalue weighted by Crippen LogP contribution is 2.36. The summed E-state index contributed by atoms with van der Waals surface area (Å²) in [6.07, 6.45) is 6.50. The van der Waals surface area contributed by atoms with Crippen LogP contribution in [-0.4, -0.2) is 57.5 Å². The number of aromatic nitrogens is 4. The number of fused-ring (bicyclic) bond motifs is 1. The monoisotopic (exact) mass is 557 g/mol. The molecule has 0 saturated carbocycles. The van der Waals surface area contributed by atoms with Gasteiger partial charge in [-0.2, -0.15) is 0 Å². The number of ether oxygens (including phenoxy) is 2. The molecule has 9 nitrogen and oxygen atoms in total. The van der Waals surface area contributed by atoms with Crippen LogP contribution in [0.4, 0.5) is 10.1 Å². The van der Waals surface area contributed by atoms with E-state index in [4.69, 9.17) is 32.7 Å². The molecule has 1 aliphatic rings. The molecule has 0 bridgehead atoms. The number of anilines is 1. The van der Waals surface area contributed by atoms with Crippen LogP contribution in [0, 0.1) is 0 Å². The van der Waals surface area contributed by atoms with E-state index in [2.05, 4.69) is 15.0 Å². The maximum Gasteiger partial charge on any atom is 0.343 e. The third kappa shape index (κ3) is 5.01. The lowest BCUT2D eigenvalue weighted by atomic mass is 10.1. The second-order valence-electron chi connectivity index (χ2n) is 8.59. The number of carbonyl (C=O) groups excluding carboxylic acids is 1. The van der Waals surface area contributed by atoms with Crippen LogP contribution >= 0.6 is 23.2 Å². The molecule has 4 aromatic rings. The number of halogens is 3. The lowest BCUT2D eigenvalue weighted by Crippen LogP contribution is -2.34. The average molecular weight is 558 g/mol. The highest BCUT2D eigenvalue weighted by Gasteiger charge is 2.34. The lowest BCUT2D eigenvalue weighted by Gasteiger charge is -2.28. The van der Waals surface area contributed by atoms with Crippen molar-refractivity contribution in [3.05, 3.63) is 81.1 Å². The zero-order valence-corrected chi connectivity index (χ0v) is 21.7. The molecule has 12 heteroatoms. The van der Waals surface area contributed by atoms with Crippen molar-refractivity contribution in [2.45, 2.75) is 25.6 Å². The van der Waals surface area contributed by atoms with Gasteiger partial charge in [0.2, 0.25) is 11.3 Å². The van der Waals surface area contributed by atoms with E-state index in [1.165, 1.54) is 30.9 Å². The van der Waals surface area contributed by atoms with Crippen LogP contribution in [0.3, 0.4) is 0 Å². The Labute approximate surface area is 226 Å². The summed E-state index contributed by atoms with van der Waals surface area (Å²) in [5, 5.41) is 0.748. The average Bonchev–Trinajstić information content (AvgIpc) is 3.29. The first-order chi connectivity index (χ1) is 18.4. The molecule has 196 valence electrons. The first-order valence-corrected chi connectivity index (χ1v) is 12.6. The molecule has 0 spiro atoms. The van der Waals surface area contributed by atoms with Gasteiger partial charge in [0.25, 0.3) is 0 Å². The van der Waals surface area contributed by atoms with Crippen molar-refractivity contribution in [2.75, 3.05) is 24.7 Å². The minimum Gasteiger partial charge on any atom is -0.474 e. The van der Waals surface area contributed by atoms with Crippen molar-refractivity contribution in [1.29, 1.82) is 0 Å². The van der Waals surface area contributed by atoms with Gasteiger partial charge in [-0.25, -0.2) is 19.2 Å². The Hall–Kier alpha value is -3.76. The Morgan fingerprint density at radius 1 is 1.18 bits per heavy atom. The van der Waals surface area contributed by atoms with Crippen LogP contribution < -0.4 is 15.1 Å². The number of carbonyl (C=O) groups is 1. The Morgan fingerprint density at radius 3 is 2.76 bits per heavy atom. The zero-order valence-electron chi connectivity index (χ0n) is 20.2. The molecular weight excluding hydrogens is 536 g/mol. The smallest absolute Gasteiger partial charge is 0.343 e. The summed E-state index contributed by atoms with van der Waals surface area (Å²) in [5.41, 5.74) is 0.206. The van der Waals surface area contributed by atoms with E-state index in [-0.39, 0.29) is 54.1 Å². The van der Waals surface area contributed by atoms with Crippen molar-refractivity contribution < 1.29 is 18.7 Å². The molecule has 2 atom stereocenters.